The minimum absolute atomic E-state index is 0.00795. The molecule has 0 heterocycles. The molecule has 1 N–H and O–H groups in total. The van der Waals surface area contributed by atoms with Gasteiger partial charge >= 0.3 is 0 Å². The van der Waals surface area contributed by atoms with Crippen molar-refractivity contribution in [1.29, 1.82) is 0 Å². The van der Waals surface area contributed by atoms with Gasteiger partial charge in [0.25, 0.3) is 5.91 Å². The van der Waals surface area contributed by atoms with Gasteiger partial charge in [0.1, 0.15) is 5.75 Å². The molecule has 0 aromatic heterocycles. The van der Waals surface area contributed by atoms with Crippen molar-refractivity contribution in [1.82, 2.24) is 0 Å². The van der Waals surface area contributed by atoms with Crippen molar-refractivity contribution >= 4 is 11.6 Å². The summed E-state index contributed by atoms with van der Waals surface area (Å²) in [5.41, 5.74) is 4.31. The van der Waals surface area contributed by atoms with Gasteiger partial charge in [0.15, 0.2) is 6.61 Å². The lowest BCUT2D eigenvalue weighted by atomic mass is 10.0. The standard InChI is InChI=1S/C19H23NO2/c1-13(2)16-5-7-18(8-6-16)22-12-19(21)20-17-10-14(3)9-15(4)11-17/h5-11,13H,12H2,1-4H3,(H,20,21). The van der Waals surface area contributed by atoms with Crippen molar-refractivity contribution in [2.45, 2.75) is 33.6 Å². The number of hydrogen-bond donors (Lipinski definition) is 1. The fraction of sp³-hybridized carbons (Fsp3) is 0.316. The summed E-state index contributed by atoms with van der Waals surface area (Å²) in [5.74, 6) is 1.04. The summed E-state index contributed by atoms with van der Waals surface area (Å²) in [6, 6.07) is 13.8. The van der Waals surface area contributed by atoms with E-state index in [1.807, 2.05) is 50.2 Å². The van der Waals surface area contributed by atoms with Gasteiger partial charge in [0.2, 0.25) is 0 Å². The normalized spacial score (nSPS) is 10.6. The van der Waals surface area contributed by atoms with Crippen molar-refractivity contribution in [3.05, 3.63) is 59.2 Å². The molecule has 2 aromatic carbocycles. The van der Waals surface area contributed by atoms with Crippen LogP contribution in [0, 0.1) is 13.8 Å². The maximum Gasteiger partial charge on any atom is 0.262 e. The lowest BCUT2D eigenvalue weighted by Crippen LogP contribution is -2.20. The van der Waals surface area contributed by atoms with E-state index in [4.69, 9.17) is 4.74 Å². The summed E-state index contributed by atoms with van der Waals surface area (Å²) in [5, 5.41) is 2.86. The Morgan fingerprint density at radius 2 is 1.64 bits per heavy atom. The van der Waals surface area contributed by atoms with Crippen LogP contribution in [0.3, 0.4) is 0 Å². The molecule has 1 amide bonds. The first-order chi connectivity index (χ1) is 10.4. The quantitative estimate of drug-likeness (QED) is 0.885. The Labute approximate surface area is 132 Å². The molecule has 0 radical (unpaired) electrons. The third-order valence-corrected chi connectivity index (χ3v) is 3.42. The monoisotopic (exact) mass is 297 g/mol. The van der Waals surface area contributed by atoms with Gasteiger partial charge < -0.3 is 10.1 Å². The molecular formula is C19H23NO2. The van der Waals surface area contributed by atoms with Crippen molar-refractivity contribution in [2.24, 2.45) is 0 Å². The molecule has 2 rings (SSSR count). The van der Waals surface area contributed by atoms with Crippen molar-refractivity contribution in [3.63, 3.8) is 0 Å². The van der Waals surface area contributed by atoms with Crippen LogP contribution in [0.25, 0.3) is 0 Å². The summed E-state index contributed by atoms with van der Waals surface area (Å²) < 4.78 is 5.52. The third-order valence-electron chi connectivity index (χ3n) is 3.42. The Morgan fingerprint density at radius 3 is 2.18 bits per heavy atom. The summed E-state index contributed by atoms with van der Waals surface area (Å²) in [7, 11) is 0. The minimum atomic E-state index is -0.155. The zero-order valence-corrected chi connectivity index (χ0v) is 13.6. The zero-order valence-electron chi connectivity index (χ0n) is 13.6. The lowest BCUT2D eigenvalue weighted by Gasteiger charge is -2.10. The second-order valence-electron chi connectivity index (χ2n) is 5.94. The predicted octanol–water partition coefficient (Wildman–Crippen LogP) is 4.44. The zero-order chi connectivity index (χ0) is 16.1. The average Bonchev–Trinajstić information content (AvgIpc) is 2.44. The van der Waals surface area contributed by atoms with Crippen LogP contribution >= 0.6 is 0 Å². The number of carbonyl (C=O) groups is 1. The Hall–Kier alpha value is -2.29. The van der Waals surface area contributed by atoms with Crippen LogP contribution in [-0.2, 0) is 4.79 Å². The van der Waals surface area contributed by atoms with E-state index >= 15 is 0 Å². The minimum Gasteiger partial charge on any atom is -0.484 e. The molecule has 0 bridgehead atoms. The number of ether oxygens (including phenoxy) is 1. The van der Waals surface area contributed by atoms with Gasteiger partial charge in [0, 0.05) is 5.69 Å². The molecule has 3 nitrogen and oxygen atoms in total. The fourth-order valence-electron chi connectivity index (χ4n) is 2.34. The predicted molar refractivity (Wildman–Crippen MR) is 90.6 cm³/mol. The molecule has 22 heavy (non-hydrogen) atoms. The van der Waals surface area contributed by atoms with Crippen LogP contribution in [0.1, 0.15) is 36.5 Å². The Morgan fingerprint density at radius 1 is 1.05 bits per heavy atom. The summed E-state index contributed by atoms with van der Waals surface area (Å²) in [4.78, 5) is 11.9. The van der Waals surface area contributed by atoms with E-state index in [1.165, 1.54) is 5.56 Å². The Kier molecular flexibility index (Phi) is 5.21. The van der Waals surface area contributed by atoms with Gasteiger partial charge in [-0.05, 0) is 60.7 Å². The molecule has 0 atom stereocenters. The van der Waals surface area contributed by atoms with Gasteiger partial charge in [0.05, 0.1) is 0 Å². The van der Waals surface area contributed by atoms with E-state index in [0.29, 0.717) is 11.7 Å². The first-order valence-corrected chi connectivity index (χ1v) is 7.55. The maximum atomic E-state index is 11.9. The second kappa shape index (κ2) is 7.12. The lowest BCUT2D eigenvalue weighted by molar-refractivity contribution is -0.118. The van der Waals surface area contributed by atoms with Crippen molar-refractivity contribution in [3.8, 4) is 5.75 Å². The number of amides is 1. The molecule has 0 unspecified atom stereocenters. The number of aryl methyl sites for hydroxylation is 2. The molecule has 116 valence electrons. The van der Waals surface area contributed by atoms with E-state index < -0.39 is 0 Å². The second-order valence-corrected chi connectivity index (χ2v) is 5.94. The summed E-state index contributed by atoms with van der Waals surface area (Å²) >= 11 is 0. The molecule has 0 spiro atoms. The highest BCUT2D eigenvalue weighted by molar-refractivity contribution is 5.92. The number of anilines is 1. The Bertz CT molecular complexity index is 625. The SMILES string of the molecule is Cc1cc(C)cc(NC(=O)COc2ccc(C(C)C)cc2)c1. The number of hydrogen-bond acceptors (Lipinski definition) is 2. The van der Waals surface area contributed by atoms with Crippen molar-refractivity contribution < 1.29 is 9.53 Å². The number of rotatable bonds is 5. The van der Waals surface area contributed by atoms with Crippen LogP contribution in [0.5, 0.6) is 5.75 Å². The molecule has 3 heteroatoms. The average molecular weight is 297 g/mol. The molecule has 2 aromatic rings. The molecule has 0 aliphatic heterocycles. The van der Waals surface area contributed by atoms with Crippen LogP contribution in [0.2, 0.25) is 0 Å². The maximum absolute atomic E-state index is 11.9. The van der Waals surface area contributed by atoms with E-state index in [0.717, 1.165) is 16.8 Å². The van der Waals surface area contributed by atoms with Gasteiger partial charge in [-0.15, -0.1) is 0 Å². The summed E-state index contributed by atoms with van der Waals surface area (Å²) in [6.07, 6.45) is 0. The van der Waals surface area contributed by atoms with Crippen LogP contribution in [0.4, 0.5) is 5.69 Å². The molecule has 0 aliphatic carbocycles. The first-order valence-electron chi connectivity index (χ1n) is 7.55. The molecule has 0 aliphatic rings. The number of benzene rings is 2. The van der Waals surface area contributed by atoms with Crippen LogP contribution in [0.15, 0.2) is 42.5 Å². The van der Waals surface area contributed by atoms with Gasteiger partial charge in [-0.3, -0.25) is 4.79 Å². The van der Waals surface area contributed by atoms with E-state index in [2.05, 4.69) is 25.2 Å². The van der Waals surface area contributed by atoms with Crippen LogP contribution < -0.4 is 10.1 Å². The Balaban J connectivity index is 1.89. The van der Waals surface area contributed by atoms with E-state index in [1.54, 1.807) is 0 Å². The smallest absolute Gasteiger partial charge is 0.262 e. The first kappa shape index (κ1) is 16.1. The van der Waals surface area contributed by atoms with Gasteiger partial charge in [-0.2, -0.15) is 0 Å². The van der Waals surface area contributed by atoms with Gasteiger partial charge in [-0.1, -0.05) is 32.0 Å². The highest BCUT2D eigenvalue weighted by atomic mass is 16.5. The van der Waals surface area contributed by atoms with E-state index in [-0.39, 0.29) is 12.5 Å². The highest BCUT2D eigenvalue weighted by Crippen LogP contribution is 2.18. The molecule has 0 saturated heterocycles. The fourth-order valence-corrected chi connectivity index (χ4v) is 2.34. The van der Waals surface area contributed by atoms with E-state index in [9.17, 15) is 4.79 Å². The largest absolute Gasteiger partial charge is 0.484 e. The number of carbonyl (C=O) groups excluding carboxylic acids is 1. The van der Waals surface area contributed by atoms with Crippen molar-refractivity contribution in [2.75, 3.05) is 11.9 Å². The third kappa shape index (κ3) is 4.62. The molecule has 0 fully saturated rings. The van der Waals surface area contributed by atoms with Gasteiger partial charge in [-0.25, -0.2) is 0 Å². The summed E-state index contributed by atoms with van der Waals surface area (Å²) in [6.45, 7) is 8.32. The highest BCUT2D eigenvalue weighted by Gasteiger charge is 2.05. The van der Waals surface area contributed by atoms with Crippen LogP contribution in [-0.4, -0.2) is 12.5 Å². The molecular weight excluding hydrogens is 274 g/mol. The topological polar surface area (TPSA) is 38.3 Å². The molecule has 0 saturated carbocycles. The number of nitrogens with one attached hydrogen (secondary N) is 1.